The van der Waals surface area contributed by atoms with E-state index in [2.05, 4.69) is 4.98 Å². The van der Waals surface area contributed by atoms with Crippen molar-refractivity contribution < 1.29 is 36.9 Å². The van der Waals surface area contributed by atoms with Crippen LogP contribution in [0.1, 0.15) is 35.3 Å². The van der Waals surface area contributed by atoms with Crippen molar-refractivity contribution in [3.63, 3.8) is 0 Å². The van der Waals surface area contributed by atoms with E-state index >= 15 is 0 Å². The smallest absolute Gasteiger partial charge is 0.397 e. The van der Waals surface area contributed by atoms with Crippen LogP contribution in [-0.2, 0) is 15.1 Å². The monoisotopic (exact) mass is 478 g/mol. The molecule has 0 N–H and O–H groups in total. The molecule has 34 heavy (non-hydrogen) atoms. The number of benzene rings is 1. The number of piperidine rings is 1. The van der Waals surface area contributed by atoms with E-state index in [0.717, 1.165) is 5.56 Å². The predicted octanol–water partition coefficient (Wildman–Crippen LogP) is 3.93. The highest BCUT2D eigenvalue weighted by Gasteiger charge is 2.64. The lowest BCUT2D eigenvalue weighted by atomic mass is 9.82. The van der Waals surface area contributed by atoms with E-state index < -0.39 is 23.8 Å². The fourth-order valence-corrected chi connectivity index (χ4v) is 4.63. The normalized spacial score (nSPS) is 25.5. The number of likely N-dealkylation sites (tertiary alicyclic amines) is 1. The Hall–Kier alpha value is -2.85. The first-order valence-electron chi connectivity index (χ1n) is 11.1. The van der Waals surface area contributed by atoms with Gasteiger partial charge in [0.2, 0.25) is 0 Å². The Morgan fingerprint density at radius 3 is 2.62 bits per heavy atom. The maximum atomic E-state index is 13.2. The highest BCUT2D eigenvalue weighted by Crippen LogP contribution is 2.57. The summed E-state index contributed by atoms with van der Waals surface area (Å²) in [7, 11) is 1.33. The number of nitrogens with zero attached hydrogens (tertiary/aromatic N) is 2. The van der Waals surface area contributed by atoms with Crippen molar-refractivity contribution in [1.29, 1.82) is 0 Å². The number of halogens is 3. The van der Waals surface area contributed by atoms with Crippen molar-refractivity contribution in [2.75, 3.05) is 33.6 Å². The molecule has 0 bridgehead atoms. The zero-order valence-corrected chi connectivity index (χ0v) is 18.6. The van der Waals surface area contributed by atoms with Crippen LogP contribution < -0.4 is 9.47 Å². The van der Waals surface area contributed by atoms with E-state index in [1.807, 2.05) is 30.3 Å². The van der Waals surface area contributed by atoms with Crippen molar-refractivity contribution >= 4 is 5.91 Å². The van der Waals surface area contributed by atoms with Gasteiger partial charge in [0, 0.05) is 13.0 Å². The summed E-state index contributed by atoms with van der Waals surface area (Å²) < 4.78 is 62.0. The van der Waals surface area contributed by atoms with Gasteiger partial charge in [-0.05, 0) is 30.5 Å². The van der Waals surface area contributed by atoms with Crippen LogP contribution in [0, 0.1) is 5.41 Å². The Labute approximate surface area is 194 Å². The number of alkyl halides is 3. The Balaban J connectivity index is 1.29. The van der Waals surface area contributed by atoms with Crippen molar-refractivity contribution in [2.24, 2.45) is 5.41 Å². The molecule has 5 rings (SSSR count). The summed E-state index contributed by atoms with van der Waals surface area (Å²) in [6.45, 7) is 0.404. The minimum atomic E-state index is -4.32. The van der Waals surface area contributed by atoms with Crippen LogP contribution in [0.4, 0.5) is 13.2 Å². The average molecular weight is 478 g/mol. The summed E-state index contributed by atoms with van der Waals surface area (Å²) in [6, 6.07) is 12.7. The number of carbonyl (C=O) groups is 1. The summed E-state index contributed by atoms with van der Waals surface area (Å²) in [6.07, 6.45) is -4.01. The Kier molecular flexibility index (Phi) is 5.68. The maximum Gasteiger partial charge on any atom is 0.397 e. The zero-order chi connectivity index (χ0) is 24.0. The lowest BCUT2D eigenvalue weighted by Crippen LogP contribution is -2.53. The number of amides is 1. The molecule has 10 heteroatoms. The SMILES string of the molecule is COc1nc(C(=O)N2CC[C@]3(c4ccccc4)OCO[C@@H]3C2)ccc1OCC1(C(F)(F)F)CC1. The molecule has 1 saturated carbocycles. The van der Waals surface area contributed by atoms with E-state index in [4.69, 9.17) is 18.9 Å². The third-order valence-electron chi connectivity index (χ3n) is 6.99. The molecule has 1 amide bonds. The van der Waals surface area contributed by atoms with Gasteiger partial charge in [-0.3, -0.25) is 4.79 Å². The lowest BCUT2D eigenvalue weighted by molar-refractivity contribution is -0.194. The second-order valence-corrected chi connectivity index (χ2v) is 8.94. The minimum absolute atomic E-state index is 0.0279. The van der Waals surface area contributed by atoms with Gasteiger partial charge in [-0.2, -0.15) is 13.2 Å². The van der Waals surface area contributed by atoms with Gasteiger partial charge in [0.05, 0.1) is 13.7 Å². The summed E-state index contributed by atoms with van der Waals surface area (Å²) >= 11 is 0. The highest BCUT2D eigenvalue weighted by atomic mass is 19.4. The molecule has 1 aromatic carbocycles. The molecule has 7 nitrogen and oxygen atoms in total. The van der Waals surface area contributed by atoms with Crippen molar-refractivity contribution in [2.45, 2.75) is 37.1 Å². The van der Waals surface area contributed by atoms with Crippen molar-refractivity contribution in [3.05, 3.63) is 53.7 Å². The first-order valence-corrected chi connectivity index (χ1v) is 11.1. The van der Waals surface area contributed by atoms with Crippen LogP contribution in [0.25, 0.3) is 0 Å². The molecule has 1 aliphatic carbocycles. The number of rotatable bonds is 6. The fourth-order valence-electron chi connectivity index (χ4n) is 4.63. The summed E-state index contributed by atoms with van der Waals surface area (Å²) in [4.78, 5) is 19.1. The van der Waals surface area contributed by atoms with Gasteiger partial charge in [-0.25, -0.2) is 4.98 Å². The Morgan fingerprint density at radius 1 is 1.18 bits per heavy atom. The van der Waals surface area contributed by atoms with Crippen LogP contribution in [0.5, 0.6) is 11.6 Å². The highest BCUT2D eigenvalue weighted by molar-refractivity contribution is 5.92. The predicted molar refractivity (Wildman–Crippen MR) is 113 cm³/mol. The van der Waals surface area contributed by atoms with E-state index in [1.165, 1.54) is 19.2 Å². The summed E-state index contributed by atoms with van der Waals surface area (Å²) in [5.74, 6) is -0.278. The van der Waals surface area contributed by atoms with Crippen molar-refractivity contribution in [1.82, 2.24) is 9.88 Å². The van der Waals surface area contributed by atoms with Gasteiger partial charge < -0.3 is 23.8 Å². The van der Waals surface area contributed by atoms with Crippen molar-refractivity contribution in [3.8, 4) is 11.6 Å². The van der Waals surface area contributed by atoms with E-state index in [-0.39, 0.29) is 49.0 Å². The molecule has 3 fully saturated rings. The summed E-state index contributed by atoms with van der Waals surface area (Å²) in [5.41, 5.74) is -1.28. The maximum absolute atomic E-state index is 13.2. The Morgan fingerprint density at radius 2 is 1.94 bits per heavy atom. The molecule has 3 aliphatic rings. The van der Waals surface area contributed by atoms with Crippen LogP contribution >= 0.6 is 0 Å². The van der Waals surface area contributed by atoms with E-state index in [9.17, 15) is 18.0 Å². The number of pyridine rings is 1. The molecule has 2 aliphatic heterocycles. The average Bonchev–Trinajstić information content (AvgIpc) is 3.54. The molecule has 1 aromatic heterocycles. The molecule has 2 atom stereocenters. The summed E-state index contributed by atoms with van der Waals surface area (Å²) in [5, 5.41) is 0. The minimum Gasteiger partial charge on any atom is -0.487 e. The van der Waals surface area contributed by atoms with E-state index in [0.29, 0.717) is 19.5 Å². The van der Waals surface area contributed by atoms with Gasteiger partial charge in [0.15, 0.2) is 5.75 Å². The van der Waals surface area contributed by atoms with Gasteiger partial charge in [-0.15, -0.1) is 0 Å². The first-order chi connectivity index (χ1) is 16.3. The largest absolute Gasteiger partial charge is 0.487 e. The van der Waals surface area contributed by atoms with Crippen LogP contribution in [0.15, 0.2) is 42.5 Å². The second kappa shape index (κ2) is 8.42. The molecule has 0 spiro atoms. The topological polar surface area (TPSA) is 70.1 Å². The lowest BCUT2D eigenvalue weighted by Gasteiger charge is -2.41. The second-order valence-electron chi connectivity index (χ2n) is 8.94. The fraction of sp³-hybridized carbons (Fsp3) is 0.500. The number of hydrogen-bond acceptors (Lipinski definition) is 6. The molecule has 0 unspecified atom stereocenters. The molecular formula is C24H25F3N2O5. The van der Waals surface area contributed by atoms with Gasteiger partial charge in [0.1, 0.15) is 36.2 Å². The zero-order valence-electron chi connectivity index (χ0n) is 18.6. The van der Waals surface area contributed by atoms with E-state index in [1.54, 1.807) is 4.90 Å². The Bertz CT molecular complexity index is 1060. The van der Waals surface area contributed by atoms with Crippen LogP contribution in [-0.4, -0.2) is 61.7 Å². The third kappa shape index (κ3) is 3.88. The number of fused-ring (bicyclic) bond motifs is 1. The van der Waals surface area contributed by atoms with Gasteiger partial charge in [-0.1, -0.05) is 30.3 Å². The van der Waals surface area contributed by atoms with Gasteiger partial charge >= 0.3 is 6.18 Å². The number of aromatic nitrogens is 1. The molecule has 2 saturated heterocycles. The number of ether oxygens (including phenoxy) is 4. The van der Waals surface area contributed by atoms with Crippen LogP contribution in [0.3, 0.4) is 0 Å². The number of carbonyl (C=O) groups excluding carboxylic acids is 1. The third-order valence-corrected chi connectivity index (χ3v) is 6.99. The van der Waals surface area contributed by atoms with Gasteiger partial charge in [0.25, 0.3) is 11.8 Å². The molecule has 182 valence electrons. The van der Waals surface area contributed by atoms with Crippen LogP contribution in [0.2, 0.25) is 0 Å². The molecule has 3 heterocycles. The first kappa shape index (κ1) is 22.9. The standard InChI is InChI=1S/C24H25F3N2O5/c1-31-20-18(32-14-22(9-10-22)24(25,26)27)8-7-17(28-20)21(30)29-12-11-23(16-5-3-2-4-6-16)19(13-29)33-15-34-23/h2-8,19H,9-15H2,1H3/t19-,23-/m1/s1. The molecule has 0 radical (unpaired) electrons. The molecular weight excluding hydrogens is 453 g/mol. The molecule has 2 aromatic rings. The quantitative estimate of drug-likeness (QED) is 0.627. The number of methoxy groups -OCH3 is 1. The number of hydrogen-bond donors (Lipinski definition) is 0.